The fraction of sp³-hybridized carbons (Fsp3) is 0.368. The molecule has 1 aromatic carbocycles. The lowest BCUT2D eigenvalue weighted by atomic mass is 10.2. The van der Waals surface area contributed by atoms with Crippen LogP contribution >= 0.6 is 0 Å². The number of cyclic esters (lactones) is 2. The van der Waals surface area contributed by atoms with Gasteiger partial charge in [-0.1, -0.05) is 13.3 Å². The van der Waals surface area contributed by atoms with Gasteiger partial charge < -0.3 is 19.2 Å². The highest BCUT2D eigenvalue weighted by Gasteiger charge is 2.38. The number of hydrogen-bond donors (Lipinski definition) is 1. The molecule has 0 unspecified atom stereocenters. The number of esters is 2. The van der Waals surface area contributed by atoms with Gasteiger partial charge in [-0.15, -0.1) is 10.2 Å². The number of unbranched alkanes of at least 4 members (excludes halogenated alkanes) is 1. The predicted octanol–water partition coefficient (Wildman–Crippen LogP) is 3.21. The third-order valence-electron chi connectivity index (χ3n) is 3.84. The largest absolute Gasteiger partial charge is 0.421 e. The number of carbonyl (C=O) groups is 2. The van der Waals surface area contributed by atoms with Gasteiger partial charge in [-0.05, 0) is 30.7 Å². The van der Waals surface area contributed by atoms with E-state index in [2.05, 4.69) is 22.4 Å². The van der Waals surface area contributed by atoms with Crippen LogP contribution in [0, 0.1) is 0 Å². The molecule has 1 aromatic heterocycles. The standard InChI is InChI=1S/C19H21N3O5/c1-4-5-6-15-21-22-16(25-15)12-7-9-13(10-8-12)20-11-14-17(23)26-19(2,3)27-18(14)24/h7-11,20H,4-6H2,1-3H3. The first-order valence-corrected chi connectivity index (χ1v) is 8.74. The molecule has 1 aliphatic heterocycles. The normalized spacial score (nSPS) is 15.9. The third kappa shape index (κ3) is 4.52. The van der Waals surface area contributed by atoms with Crippen molar-refractivity contribution in [3.63, 3.8) is 0 Å². The Labute approximate surface area is 156 Å². The zero-order valence-corrected chi connectivity index (χ0v) is 15.4. The Morgan fingerprint density at radius 2 is 1.74 bits per heavy atom. The topological polar surface area (TPSA) is 104 Å². The Kier molecular flexibility index (Phi) is 5.25. The van der Waals surface area contributed by atoms with Crippen LogP contribution in [0.5, 0.6) is 0 Å². The van der Waals surface area contributed by atoms with Crippen molar-refractivity contribution < 1.29 is 23.5 Å². The SMILES string of the molecule is CCCCc1nnc(-c2ccc(NC=C3C(=O)OC(C)(C)OC3=O)cc2)o1. The number of aryl methyl sites for hydroxylation is 1. The van der Waals surface area contributed by atoms with Crippen LogP contribution in [0.2, 0.25) is 0 Å². The van der Waals surface area contributed by atoms with Gasteiger partial charge in [-0.2, -0.15) is 0 Å². The summed E-state index contributed by atoms with van der Waals surface area (Å²) in [6.45, 7) is 5.10. The first-order valence-electron chi connectivity index (χ1n) is 8.74. The minimum absolute atomic E-state index is 0.198. The highest BCUT2D eigenvalue weighted by atomic mass is 16.7. The second-order valence-corrected chi connectivity index (χ2v) is 6.56. The molecule has 1 N–H and O–H groups in total. The number of carbonyl (C=O) groups excluding carboxylic acids is 2. The lowest BCUT2D eigenvalue weighted by molar-refractivity contribution is -0.222. The van der Waals surface area contributed by atoms with E-state index in [4.69, 9.17) is 13.9 Å². The fourth-order valence-corrected chi connectivity index (χ4v) is 2.44. The first kappa shape index (κ1) is 18.6. The van der Waals surface area contributed by atoms with Gasteiger partial charge in [0.1, 0.15) is 0 Å². The van der Waals surface area contributed by atoms with Crippen LogP contribution in [0.3, 0.4) is 0 Å². The van der Waals surface area contributed by atoms with Gasteiger partial charge in [-0.3, -0.25) is 0 Å². The van der Waals surface area contributed by atoms with Gasteiger partial charge >= 0.3 is 11.9 Å². The van der Waals surface area contributed by atoms with Crippen molar-refractivity contribution in [3.8, 4) is 11.5 Å². The van der Waals surface area contributed by atoms with E-state index in [1.54, 1.807) is 24.3 Å². The van der Waals surface area contributed by atoms with Crippen molar-refractivity contribution in [2.24, 2.45) is 0 Å². The molecule has 142 valence electrons. The monoisotopic (exact) mass is 371 g/mol. The van der Waals surface area contributed by atoms with Gasteiger partial charge in [0.2, 0.25) is 11.8 Å². The number of anilines is 1. The predicted molar refractivity (Wildman–Crippen MR) is 96.3 cm³/mol. The third-order valence-corrected chi connectivity index (χ3v) is 3.84. The number of nitrogens with zero attached hydrogens (tertiary/aromatic N) is 2. The highest BCUT2D eigenvalue weighted by molar-refractivity contribution is 6.15. The number of benzene rings is 1. The Morgan fingerprint density at radius 1 is 1.07 bits per heavy atom. The van der Waals surface area contributed by atoms with E-state index in [-0.39, 0.29) is 5.57 Å². The molecule has 0 bridgehead atoms. The van der Waals surface area contributed by atoms with Crippen molar-refractivity contribution >= 4 is 17.6 Å². The summed E-state index contributed by atoms with van der Waals surface area (Å²) >= 11 is 0. The molecule has 0 spiro atoms. The van der Waals surface area contributed by atoms with Gasteiger partial charge in [0.05, 0.1) is 0 Å². The molecule has 2 heterocycles. The van der Waals surface area contributed by atoms with E-state index in [1.807, 2.05) is 0 Å². The first-order chi connectivity index (χ1) is 12.9. The molecule has 8 nitrogen and oxygen atoms in total. The summed E-state index contributed by atoms with van der Waals surface area (Å²) in [4.78, 5) is 23.8. The summed E-state index contributed by atoms with van der Waals surface area (Å²) in [5, 5.41) is 11.0. The second-order valence-electron chi connectivity index (χ2n) is 6.56. The van der Waals surface area contributed by atoms with Crippen LogP contribution in [0.15, 0.2) is 40.5 Å². The van der Waals surface area contributed by atoms with Crippen molar-refractivity contribution in [2.75, 3.05) is 5.32 Å². The molecule has 1 saturated heterocycles. The minimum atomic E-state index is -1.26. The van der Waals surface area contributed by atoms with E-state index in [0.29, 0.717) is 17.5 Å². The molecule has 1 aliphatic rings. The average Bonchev–Trinajstić information content (AvgIpc) is 3.07. The molecule has 8 heteroatoms. The molecule has 0 atom stereocenters. The quantitative estimate of drug-likeness (QED) is 0.469. The summed E-state index contributed by atoms with van der Waals surface area (Å²) in [5.74, 6) is -1.65. The second kappa shape index (κ2) is 7.61. The Balaban J connectivity index is 1.66. The maximum atomic E-state index is 11.9. The molecular formula is C19H21N3O5. The zero-order valence-electron chi connectivity index (χ0n) is 15.4. The van der Waals surface area contributed by atoms with Crippen molar-refractivity contribution in [1.82, 2.24) is 10.2 Å². The van der Waals surface area contributed by atoms with E-state index in [9.17, 15) is 9.59 Å². The Morgan fingerprint density at radius 3 is 2.37 bits per heavy atom. The molecule has 0 saturated carbocycles. The lowest BCUT2D eigenvalue weighted by Gasteiger charge is -2.29. The number of ether oxygens (including phenoxy) is 2. The molecule has 0 aliphatic carbocycles. The van der Waals surface area contributed by atoms with Crippen LogP contribution in [-0.2, 0) is 25.5 Å². The van der Waals surface area contributed by atoms with Crippen molar-refractivity contribution in [3.05, 3.63) is 41.9 Å². The number of hydrogen-bond acceptors (Lipinski definition) is 8. The van der Waals surface area contributed by atoms with E-state index in [1.165, 1.54) is 20.0 Å². The Bertz CT molecular complexity index is 846. The van der Waals surface area contributed by atoms with E-state index in [0.717, 1.165) is 24.8 Å². The highest BCUT2D eigenvalue weighted by Crippen LogP contribution is 2.24. The van der Waals surface area contributed by atoms with Crippen LogP contribution in [0.25, 0.3) is 11.5 Å². The van der Waals surface area contributed by atoms with Gasteiger partial charge in [0, 0.05) is 37.7 Å². The molecule has 3 rings (SSSR count). The summed E-state index contributed by atoms with van der Waals surface area (Å²) in [6.07, 6.45) is 4.09. The lowest BCUT2D eigenvalue weighted by Crippen LogP contribution is -2.42. The maximum absolute atomic E-state index is 11.9. The van der Waals surface area contributed by atoms with Crippen LogP contribution in [0.1, 0.15) is 39.5 Å². The van der Waals surface area contributed by atoms with Gasteiger partial charge in [-0.25, -0.2) is 9.59 Å². The maximum Gasteiger partial charge on any atom is 0.350 e. The smallest absolute Gasteiger partial charge is 0.350 e. The Hall–Kier alpha value is -3.16. The fourth-order valence-electron chi connectivity index (χ4n) is 2.44. The van der Waals surface area contributed by atoms with Crippen molar-refractivity contribution in [2.45, 2.75) is 45.8 Å². The zero-order chi connectivity index (χ0) is 19.4. The molecule has 0 radical (unpaired) electrons. The minimum Gasteiger partial charge on any atom is -0.421 e. The number of rotatable bonds is 6. The van der Waals surface area contributed by atoms with E-state index < -0.39 is 17.7 Å². The van der Waals surface area contributed by atoms with Crippen LogP contribution < -0.4 is 5.32 Å². The molecule has 1 fully saturated rings. The van der Waals surface area contributed by atoms with Gasteiger partial charge in [0.15, 0.2) is 5.57 Å². The molecular weight excluding hydrogens is 350 g/mol. The summed E-state index contributed by atoms with van der Waals surface area (Å²) < 4.78 is 15.7. The van der Waals surface area contributed by atoms with Crippen LogP contribution in [0.4, 0.5) is 5.69 Å². The summed E-state index contributed by atoms with van der Waals surface area (Å²) in [7, 11) is 0. The van der Waals surface area contributed by atoms with Crippen molar-refractivity contribution in [1.29, 1.82) is 0 Å². The summed E-state index contributed by atoms with van der Waals surface area (Å²) in [6, 6.07) is 7.15. The number of aromatic nitrogens is 2. The molecule has 0 amide bonds. The van der Waals surface area contributed by atoms with Crippen LogP contribution in [-0.4, -0.2) is 27.9 Å². The average molecular weight is 371 g/mol. The summed E-state index contributed by atoms with van der Waals surface area (Å²) in [5.41, 5.74) is 1.25. The van der Waals surface area contributed by atoms with E-state index >= 15 is 0 Å². The van der Waals surface area contributed by atoms with Gasteiger partial charge in [0.25, 0.3) is 5.79 Å². The molecule has 2 aromatic rings. The number of nitrogens with one attached hydrogen (secondary N) is 1. The molecule has 27 heavy (non-hydrogen) atoms.